The van der Waals surface area contributed by atoms with E-state index in [1.165, 1.54) is 12.1 Å². The number of nitriles is 1. The van der Waals surface area contributed by atoms with E-state index in [2.05, 4.69) is 9.44 Å². The van der Waals surface area contributed by atoms with Crippen molar-refractivity contribution >= 4 is 33.1 Å². The Morgan fingerprint density at radius 3 is 2.18 bits per heavy atom. The van der Waals surface area contributed by atoms with Gasteiger partial charge in [0.05, 0.1) is 10.5 Å². The fourth-order valence-corrected chi connectivity index (χ4v) is 3.13. The van der Waals surface area contributed by atoms with Crippen molar-refractivity contribution in [2.24, 2.45) is 5.16 Å². The van der Waals surface area contributed by atoms with Crippen molar-refractivity contribution < 1.29 is 30.8 Å². The van der Waals surface area contributed by atoms with Crippen LogP contribution >= 0.6 is 11.6 Å². The van der Waals surface area contributed by atoms with Gasteiger partial charge in [-0.3, -0.25) is 14.4 Å². The van der Waals surface area contributed by atoms with Gasteiger partial charge in [0, 0.05) is 22.7 Å². The Balaban J connectivity index is 0.000000270. The van der Waals surface area contributed by atoms with Gasteiger partial charge in [0.15, 0.2) is 5.71 Å². The molecule has 0 heterocycles. The highest BCUT2D eigenvalue weighted by atomic mass is 35.5. The van der Waals surface area contributed by atoms with Crippen molar-refractivity contribution in [1.29, 1.82) is 5.26 Å². The number of benzene rings is 3. The topological polar surface area (TPSA) is 123 Å². The largest absolute Gasteiger partial charge is 0.416 e. The number of nitrogens with zero attached hydrogens (tertiary/aromatic N) is 3. The Labute approximate surface area is 196 Å². The van der Waals surface area contributed by atoms with Crippen LogP contribution < -0.4 is 0 Å². The van der Waals surface area contributed by atoms with Crippen molar-refractivity contribution in [3.05, 3.63) is 105 Å². The second-order valence-electron chi connectivity index (χ2n) is 6.21. The van der Waals surface area contributed by atoms with Gasteiger partial charge in [-0.1, -0.05) is 53.2 Å². The molecule has 0 saturated heterocycles. The smallest absolute Gasteiger partial charge is 0.263 e. The molecule has 0 aliphatic carbocycles. The summed E-state index contributed by atoms with van der Waals surface area (Å²) < 4.78 is 64.3. The fourth-order valence-electron chi connectivity index (χ4n) is 2.26. The molecule has 13 heteroatoms. The zero-order valence-electron chi connectivity index (χ0n) is 16.8. The van der Waals surface area contributed by atoms with Crippen molar-refractivity contribution in [3.8, 4) is 6.07 Å². The number of halogens is 4. The van der Waals surface area contributed by atoms with Crippen LogP contribution in [0.3, 0.4) is 0 Å². The number of rotatable bonds is 5. The summed E-state index contributed by atoms with van der Waals surface area (Å²) in [6.45, 7) is 0. The van der Waals surface area contributed by atoms with Gasteiger partial charge in [-0.2, -0.15) is 26.9 Å². The van der Waals surface area contributed by atoms with E-state index in [4.69, 9.17) is 16.9 Å². The Hall–Kier alpha value is -3.95. The molecule has 0 unspecified atom stereocenters. The minimum Gasteiger partial charge on any atom is -0.263 e. The second kappa shape index (κ2) is 11.3. The van der Waals surface area contributed by atoms with Crippen molar-refractivity contribution in [1.82, 2.24) is 0 Å². The molecule has 0 aliphatic rings. The van der Waals surface area contributed by atoms with Gasteiger partial charge in [0.2, 0.25) is 0 Å². The summed E-state index contributed by atoms with van der Waals surface area (Å²) in [5.41, 5.74) is -1.33. The Bertz CT molecular complexity index is 1320. The molecular formula is C21H13ClF3N3O5S. The SMILES string of the molecule is N#CC(=NOS(=O)(=O)c1ccccc1)c1ccc(Cl)cc1.O=[N+]([O-])c1cccc(C(F)(F)F)c1. The zero-order chi connectivity index (χ0) is 25.4. The lowest BCUT2D eigenvalue weighted by molar-refractivity contribution is -0.385. The van der Waals surface area contributed by atoms with Crippen molar-refractivity contribution in [2.75, 3.05) is 0 Å². The first-order valence-corrected chi connectivity index (χ1v) is 10.8. The molecule has 0 saturated carbocycles. The first-order chi connectivity index (χ1) is 15.9. The van der Waals surface area contributed by atoms with Gasteiger partial charge in [0.1, 0.15) is 11.0 Å². The Kier molecular flexibility index (Phi) is 8.71. The molecule has 0 aromatic heterocycles. The third kappa shape index (κ3) is 7.58. The van der Waals surface area contributed by atoms with Gasteiger partial charge in [-0.15, -0.1) is 0 Å². The first-order valence-electron chi connectivity index (χ1n) is 8.98. The summed E-state index contributed by atoms with van der Waals surface area (Å²) in [6, 6.07) is 18.8. The number of oxime groups is 1. The summed E-state index contributed by atoms with van der Waals surface area (Å²) in [5, 5.41) is 23.1. The normalized spacial score (nSPS) is 11.6. The van der Waals surface area contributed by atoms with E-state index in [0.717, 1.165) is 18.2 Å². The molecule has 0 N–H and O–H groups in total. The van der Waals surface area contributed by atoms with Crippen LogP contribution in [0, 0.1) is 21.4 Å². The standard InChI is InChI=1S/C14H9ClN2O3S.C7H4F3NO2/c15-12-8-6-11(7-9-12)14(10-16)17-20-21(18,19)13-4-2-1-3-5-13;8-7(9,10)5-2-1-3-6(4-5)11(12)13/h1-9H;1-4H. The number of hydrogen-bond acceptors (Lipinski definition) is 7. The Morgan fingerprint density at radius 1 is 1.03 bits per heavy atom. The summed E-state index contributed by atoms with van der Waals surface area (Å²) in [5.74, 6) is 0. The van der Waals surface area contributed by atoms with Crippen LogP contribution in [-0.2, 0) is 20.6 Å². The van der Waals surface area contributed by atoms with E-state index in [1.807, 2.05) is 0 Å². The van der Waals surface area contributed by atoms with Crippen LogP contribution in [0.2, 0.25) is 5.02 Å². The third-order valence-corrected chi connectivity index (χ3v) is 5.24. The predicted molar refractivity (Wildman–Crippen MR) is 116 cm³/mol. The highest BCUT2D eigenvalue weighted by molar-refractivity contribution is 7.86. The molecular weight excluding hydrogens is 499 g/mol. The summed E-state index contributed by atoms with van der Waals surface area (Å²) >= 11 is 5.74. The third-order valence-electron chi connectivity index (χ3n) is 3.87. The van der Waals surface area contributed by atoms with Crippen LogP contribution in [0.15, 0.2) is 88.9 Å². The van der Waals surface area contributed by atoms with E-state index in [-0.39, 0.29) is 10.6 Å². The zero-order valence-corrected chi connectivity index (χ0v) is 18.4. The molecule has 3 rings (SSSR count). The summed E-state index contributed by atoms with van der Waals surface area (Å²) in [7, 11) is -4.05. The van der Waals surface area contributed by atoms with E-state index >= 15 is 0 Å². The monoisotopic (exact) mass is 511 g/mol. The van der Waals surface area contributed by atoms with Gasteiger partial charge < -0.3 is 0 Å². The molecule has 0 amide bonds. The minimum absolute atomic E-state index is 0.0397. The number of nitro groups is 1. The highest BCUT2D eigenvalue weighted by Gasteiger charge is 2.31. The maximum absolute atomic E-state index is 12.0. The molecule has 0 bridgehead atoms. The molecule has 0 fully saturated rings. The minimum atomic E-state index is -4.54. The van der Waals surface area contributed by atoms with Gasteiger partial charge in [-0.25, -0.2) is 0 Å². The van der Waals surface area contributed by atoms with Crippen LogP contribution in [0.25, 0.3) is 0 Å². The molecule has 0 radical (unpaired) electrons. The molecule has 0 aliphatic heterocycles. The Morgan fingerprint density at radius 2 is 1.65 bits per heavy atom. The number of nitro benzene ring substituents is 1. The average molecular weight is 512 g/mol. The molecule has 0 spiro atoms. The second-order valence-corrected chi connectivity index (χ2v) is 8.17. The maximum Gasteiger partial charge on any atom is 0.416 e. The molecule has 0 atom stereocenters. The van der Waals surface area contributed by atoms with Crippen LogP contribution in [0.5, 0.6) is 0 Å². The van der Waals surface area contributed by atoms with E-state index in [0.29, 0.717) is 16.7 Å². The maximum atomic E-state index is 12.0. The summed E-state index contributed by atoms with van der Waals surface area (Å²) in [4.78, 5) is 9.21. The van der Waals surface area contributed by atoms with E-state index < -0.39 is 32.5 Å². The van der Waals surface area contributed by atoms with Gasteiger partial charge >= 0.3 is 16.3 Å². The molecule has 34 heavy (non-hydrogen) atoms. The van der Waals surface area contributed by atoms with Crippen LogP contribution in [0.4, 0.5) is 18.9 Å². The van der Waals surface area contributed by atoms with Crippen LogP contribution in [-0.4, -0.2) is 19.1 Å². The number of alkyl halides is 3. The highest BCUT2D eigenvalue weighted by Crippen LogP contribution is 2.31. The lowest BCUT2D eigenvalue weighted by Crippen LogP contribution is -2.05. The molecule has 8 nitrogen and oxygen atoms in total. The number of hydrogen-bond donors (Lipinski definition) is 0. The molecule has 3 aromatic carbocycles. The lowest BCUT2D eigenvalue weighted by Gasteiger charge is -2.04. The first kappa shape index (κ1) is 26.3. The van der Waals surface area contributed by atoms with E-state index in [9.17, 15) is 31.7 Å². The average Bonchev–Trinajstić information content (AvgIpc) is 2.81. The predicted octanol–water partition coefficient (Wildman–Crippen LogP) is 5.59. The van der Waals surface area contributed by atoms with Gasteiger partial charge in [0.25, 0.3) is 5.69 Å². The number of non-ortho nitro benzene ring substituents is 1. The quantitative estimate of drug-likeness (QED) is 0.250. The lowest BCUT2D eigenvalue weighted by atomic mass is 10.1. The molecule has 176 valence electrons. The van der Waals surface area contributed by atoms with Gasteiger partial charge in [-0.05, 0) is 30.3 Å². The summed E-state index contributed by atoms with van der Waals surface area (Å²) in [6.07, 6.45) is -4.54. The van der Waals surface area contributed by atoms with E-state index in [1.54, 1.807) is 48.5 Å². The van der Waals surface area contributed by atoms with Crippen molar-refractivity contribution in [3.63, 3.8) is 0 Å². The molecule has 3 aromatic rings. The van der Waals surface area contributed by atoms with Crippen LogP contribution in [0.1, 0.15) is 11.1 Å². The van der Waals surface area contributed by atoms with Crippen molar-refractivity contribution in [2.45, 2.75) is 11.1 Å². The fraction of sp³-hybridized carbons (Fsp3) is 0.0476.